The van der Waals surface area contributed by atoms with Gasteiger partial charge in [-0.2, -0.15) is 0 Å². The van der Waals surface area contributed by atoms with Gasteiger partial charge < -0.3 is 5.32 Å². The number of sulfonamides is 1. The molecular weight excluding hydrogens is 310 g/mol. The van der Waals surface area contributed by atoms with Gasteiger partial charge in [-0.15, -0.1) is 5.10 Å². The summed E-state index contributed by atoms with van der Waals surface area (Å²) in [5, 5.41) is 10.6. The van der Waals surface area contributed by atoms with E-state index in [0.29, 0.717) is 0 Å². The first-order chi connectivity index (χ1) is 8.00. The van der Waals surface area contributed by atoms with E-state index in [1.54, 1.807) is 7.05 Å². The van der Waals surface area contributed by atoms with Crippen LogP contribution in [0.2, 0.25) is 0 Å². The molecule has 96 valence electrons. The Morgan fingerprint density at radius 1 is 1.47 bits per heavy atom. The van der Waals surface area contributed by atoms with Gasteiger partial charge in [-0.05, 0) is 41.9 Å². The molecule has 1 aromatic rings. The maximum Gasteiger partial charge on any atom is 0.260 e. The summed E-state index contributed by atoms with van der Waals surface area (Å²) in [4.78, 5) is 0. The number of hydrogen-bond donors (Lipinski definition) is 2. The van der Waals surface area contributed by atoms with E-state index in [2.05, 4.69) is 36.3 Å². The van der Waals surface area contributed by atoms with Gasteiger partial charge in [-0.1, -0.05) is 5.21 Å². The van der Waals surface area contributed by atoms with Crippen molar-refractivity contribution in [1.82, 2.24) is 25.0 Å². The minimum Gasteiger partial charge on any atom is -0.317 e. The summed E-state index contributed by atoms with van der Waals surface area (Å²) in [6.07, 6.45) is 1.59. The zero-order chi connectivity index (χ0) is 12.5. The van der Waals surface area contributed by atoms with Gasteiger partial charge >= 0.3 is 0 Å². The fourth-order valence-corrected chi connectivity index (χ4v) is 4.22. The second-order valence-electron chi connectivity index (χ2n) is 3.95. The summed E-state index contributed by atoms with van der Waals surface area (Å²) in [6, 6.07) is -0.0250. The molecule has 0 aromatic carbocycles. The third-order valence-corrected chi connectivity index (χ3v) is 5.06. The fourth-order valence-electron chi connectivity index (χ4n) is 1.82. The van der Waals surface area contributed by atoms with E-state index in [1.165, 1.54) is 4.68 Å². The van der Waals surface area contributed by atoms with E-state index in [-0.39, 0.29) is 15.7 Å². The Hall–Kier alpha value is -0.510. The van der Waals surface area contributed by atoms with E-state index >= 15 is 0 Å². The SMILES string of the molecule is Cn1nnc(Br)c1S(=O)(=O)NC1CCNCC1. The molecule has 0 radical (unpaired) electrons. The first kappa shape index (κ1) is 12.9. The standard InChI is InChI=1S/C8H14BrN5O2S/c1-14-8(7(9)11-13-14)17(15,16)12-6-2-4-10-5-3-6/h6,10,12H,2-5H2,1H3. The van der Waals surface area contributed by atoms with Gasteiger partial charge in [0.15, 0.2) is 4.60 Å². The predicted molar refractivity (Wildman–Crippen MR) is 64.9 cm³/mol. The Balaban J connectivity index is 2.19. The first-order valence-electron chi connectivity index (χ1n) is 5.29. The molecule has 2 heterocycles. The molecule has 1 fully saturated rings. The van der Waals surface area contributed by atoms with Gasteiger partial charge in [-0.25, -0.2) is 17.8 Å². The maximum atomic E-state index is 12.1. The van der Waals surface area contributed by atoms with Crippen LogP contribution < -0.4 is 10.0 Å². The van der Waals surface area contributed by atoms with Crippen LogP contribution in [-0.2, 0) is 17.1 Å². The molecule has 0 saturated carbocycles. The number of aromatic nitrogens is 3. The van der Waals surface area contributed by atoms with E-state index in [1.807, 2.05) is 0 Å². The third kappa shape index (κ3) is 2.84. The Morgan fingerprint density at radius 3 is 2.65 bits per heavy atom. The topological polar surface area (TPSA) is 88.9 Å². The Kier molecular flexibility index (Phi) is 3.81. The number of piperidine rings is 1. The monoisotopic (exact) mass is 323 g/mol. The Labute approximate surface area is 108 Å². The number of rotatable bonds is 3. The number of nitrogens with one attached hydrogen (secondary N) is 2. The largest absolute Gasteiger partial charge is 0.317 e. The highest BCUT2D eigenvalue weighted by Gasteiger charge is 2.27. The predicted octanol–water partition coefficient (Wildman–Crippen LogP) is -0.392. The van der Waals surface area contributed by atoms with Crippen molar-refractivity contribution < 1.29 is 8.42 Å². The van der Waals surface area contributed by atoms with E-state index in [0.717, 1.165) is 25.9 Å². The minimum absolute atomic E-state index is 0.0250. The molecule has 2 N–H and O–H groups in total. The van der Waals surface area contributed by atoms with Crippen molar-refractivity contribution in [2.45, 2.75) is 23.9 Å². The van der Waals surface area contributed by atoms with Crippen LogP contribution in [0.25, 0.3) is 0 Å². The van der Waals surface area contributed by atoms with Crippen molar-refractivity contribution in [2.24, 2.45) is 7.05 Å². The molecular formula is C8H14BrN5O2S. The molecule has 1 aliphatic heterocycles. The summed E-state index contributed by atoms with van der Waals surface area (Å²) in [6.45, 7) is 1.66. The highest BCUT2D eigenvalue weighted by molar-refractivity contribution is 9.10. The molecule has 2 rings (SSSR count). The van der Waals surface area contributed by atoms with Crippen LogP contribution in [0, 0.1) is 0 Å². The van der Waals surface area contributed by atoms with Crippen molar-refractivity contribution >= 4 is 26.0 Å². The van der Waals surface area contributed by atoms with Crippen LogP contribution in [-0.4, -0.2) is 42.5 Å². The summed E-state index contributed by atoms with van der Waals surface area (Å²) in [5.41, 5.74) is 0. The third-order valence-electron chi connectivity index (χ3n) is 2.65. The summed E-state index contributed by atoms with van der Waals surface area (Å²) < 4.78 is 28.4. The van der Waals surface area contributed by atoms with Crippen molar-refractivity contribution in [3.8, 4) is 0 Å². The smallest absolute Gasteiger partial charge is 0.260 e. The van der Waals surface area contributed by atoms with Gasteiger partial charge in [0.1, 0.15) is 0 Å². The average Bonchev–Trinajstić information content (AvgIpc) is 2.59. The summed E-state index contributed by atoms with van der Waals surface area (Å²) in [5.74, 6) is 0. The molecule has 1 aliphatic rings. The quantitative estimate of drug-likeness (QED) is 0.790. The lowest BCUT2D eigenvalue weighted by atomic mass is 10.1. The molecule has 0 bridgehead atoms. The molecule has 0 unspecified atom stereocenters. The molecule has 9 heteroatoms. The van der Waals surface area contributed by atoms with Crippen LogP contribution in [0.15, 0.2) is 9.63 Å². The minimum atomic E-state index is -3.56. The van der Waals surface area contributed by atoms with Crippen molar-refractivity contribution in [3.63, 3.8) is 0 Å². The number of halogens is 1. The highest BCUT2D eigenvalue weighted by Crippen LogP contribution is 2.18. The Morgan fingerprint density at radius 2 is 2.12 bits per heavy atom. The highest BCUT2D eigenvalue weighted by atomic mass is 79.9. The van der Waals surface area contributed by atoms with Gasteiger partial charge in [0, 0.05) is 13.1 Å². The summed E-state index contributed by atoms with van der Waals surface area (Å²) >= 11 is 3.09. The molecule has 0 aliphatic carbocycles. The lowest BCUT2D eigenvalue weighted by Gasteiger charge is -2.23. The van der Waals surface area contributed by atoms with Gasteiger partial charge in [0.25, 0.3) is 10.0 Å². The maximum absolute atomic E-state index is 12.1. The van der Waals surface area contributed by atoms with Crippen LogP contribution in [0.4, 0.5) is 0 Å². The zero-order valence-electron chi connectivity index (χ0n) is 9.35. The molecule has 1 aromatic heterocycles. The fraction of sp³-hybridized carbons (Fsp3) is 0.750. The van der Waals surface area contributed by atoms with Gasteiger partial charge in [0.05, 0.1) is 0 Å². The van der Waals surface area contributed by atoms with Crippen molar-refractivity contribution in [2.75, 3.05) is 13.1 Å². The molecule has 17 heavy (non-hydrogen) atoms. The van der Waals surface area contributed by atoms with Crippen LogP contribution in [0.5, 0.6) is 0 Å². The van der Waals surface area contributed by atoms with Crippen LogP contribution in [0.3, 0.4) is 0 Å². The van der Waals surface area contributed by atoms with Gasteiger partial charge in [-0.3, -0.25) is 0 Å². The number of aryl methyl sites for hydroxylation is 1. The molecule has 0 spiro atoms. The van der Waals surface area contributed by atoms with Gasteiger partial charge in [0.2, 0.25) is 5.03 Å². The normalized spacial score (nSPS) is 18.5. The molecule has 0 atom stereocenters. The molecule has 7 nitrogen and oxygen atoms in total. The average molecular weight is 324 g/mol. The van der Waals surface area contributed by atoms with E-state index in [4.69, 9.17) is 0 Å². The molecule has 0 amide bonds. The van der Waals surface area contributed by atoms with Crippen molar-refractivity contribution in [3.05, 3.63) is 4.60 Å². The first-order valence-corrected chi connectivity index (χ1v) is 7.56. The Bertz CT molecular complexity index is 475. The lowest BCUT2D eigenvalue weighted by Crippen LogP contribution is -2.43. The molecule has 1 saturated heterocycles. The van der Waals surface area contributed by atoms with Crippen LogP contribution in [0.1, 0.15) is 12.8 Å². The number of nitrogens with zero attached hydrogens (tertiary/aromatic N) is 3. The lowest BCUT2D eigenvalue weighted by molar-refractivity contribution is 0.425. The second kappa shape index (κ2) is 5.01. The zero-order valence-corrected chi connectivity index (χ0v) is 11.8. The second-order valence-corrected chi connectivity index (χ2v) is 6.33. The van der Waals surface area contributed by atoms with E-state index < -0.39 is 10.0 Å². The number of hydrogen-bond acceptors (Lipinski definition) is 5. The van der Waals surface area contributed by atoms with Crippen molar-refractivity contribution in [1.29, 1.82) is 0 Å². The van der Waals surface area contributed by atoms with E-state index in [9.17, 15) is 8.42 Å². The van der Waals surface area contributed by atoms with Crippen LogP contribution >= 0.6 is 15.9 Å². The summed E-state index contributed by atoms with van der Waals surface area (Å²) in [7, 11) is -2.01.